The van der Waals surface area contributed by atoms with Crippen molar-refractivity contribution in [3.63, 3.8) is 0 Å². The fraction of sp³-hybridized carbons (Fsp3) is 0.765. The van der Waals surface area contributed by atoms with Crippen LogP contribution < -0.4 is 10.6 Å². The first-order valence-corrected chi connectivity index (χ1v) is 9.06. The van der Waals surface area contributed by atoms with Crippen LogP contribution in [0.1, 0.15) is 53.8 Å². The lowest BCUT2D eigenvalue weighted by molar-refractivity contribution is 0.174. The van der Waals surface area contributed by atoms with Crippen molar-refractivity contribution in [1.82, 2.24) is 10.6 Å². The molecule has 0 aromatic carbocycles. The monoisotopic (exact) mass is 292 g/mol. The largest absolute Gasteiger partial charge is 0.310 e. The Morgan fingerprint density at radius 2 is 2.05 bits per heavy atom. The molecule has 1 aromatic rings. The first kappa shape index (κ1) is 14.6. The lowest BCUT2D eigenvalue weighted by atomic mass is 9.78. The molecule has 1 aliphatic heterocycles. The molecule has 2 aliphatic rings. The Hall–Kier alpha value is -0.380. The minimum Gasteiger partial charge on any atom is -0.310 e. The van der Waals surface area contributed by atoms with E-state index in [4.69, 9.17) is 0 Å². The Balaban J connectivity index is 1.42. The maximum atomic E-state index is 3.90. The molecule has 3 unspecified atom stereocenters. The van der Waals surface area contributed by atoms with E-state index in [1.807, 2.05) is 11.3 Å². The van der Waals surface area contributed by atoms with Gasteiger partial charge in [-0.2, -0.15) is 0 Å². The standard InChI is InChI=1S/C17H28N2S/c1-12-9-16(20-13(12)2)11-18-10-15-8-7-14-5-3-4-6-17(14)19-15/h9,14-15,17-19H,3-8,10-11H2,1-2H3. The van der Waals surface area contributed by atoms with E-state index in [-0.39, 0.29) is 0 Å². The van der Waals surface area contributed by atoms with Gasteiger partial charge >= 0.3 is 0 Å². The van der Waals surface area contributed by atoms with Gasteiger partial charge in [0.05, 0.1) is 0 Å². The van der Waals surface area contributed by atoms with E-state index in [0.717, 1.165) is 25.0 Å². The van der Waals surface area contributed by atoms with E-state index in [2.05, 4.69) is 30.5 Å². The lowest BCUT2D eigenvalue weighted by Gasteiger charge is -2.40. The van der Waals surface area contributed by atoms with Gasteiger partial charge in [0, 0.05) is 34.9 Å². The van der Waals surface area contributed by atoms with E-state index >= 15 is 0 Å². The molecule has 0 amide bonds. The van der Waals surface area contributed by atoms with Crippen molar-refractivity contribution in [2.24, 2.45) is 5.92 Å². The van der Waals surface area contributed by atoms with E-state index in [1.54, 1.807) is 0 Å². The Bertz CT molecular complexity index is 421. The molecule has 3 atom stereocenters. The van der Waals surface area contributed by atoms with Crippen LogP contribution in [0, 0.1) is 19.8 Å². The molecule has 0 bridgehead atoms. The van der Waals surface area contributed by atoms with Gasteiger partial charge in [0.25, 0.3) is 0 Å². The molecule has 3 heteroatoms. The van der Waals surface area contributed by atoms with Gasteiger partial charge < -0.3 is 10.6 Å². The van der Waals surface area contributed by atoms with Gasteiger partial charge in [-0.15, -0.1) is 11.3 Å². The molecule has 2 nitrogen and oxygen atoms in total. The summed E-state index contributed by atoms with van der Waals surface area (Å²) in [5.74, 6) is 0.975. The molecule has 1 saturated heterocycles. The molecule has 1 aromatic heterocycles. The van der Waals surface area contributed by atoms with Crippen LogP contribution in [0.3, 0.4) is 0 Å². The van der Waals surface area contributed by atoms with Crippen LogP contribution in [0.25, 0.3) is 0 Å². The molecule has 2 N–H and O–H groups in total. The first-order valence-electron chi connectivity index (χ1n) is 8.25. The second-order valence-corrected chi connectivity index (χ2v) is 8.02. The lowest BCUT2D eigenvalue weighted by Crippen LogP contribution is -2.52. The Morgan fingerprint density at radius 1 is 1.20 bits per heavy atom. The first-order chi connectivity index (χ1) is 9.72. The zero-order valence-electron chi connectivity index (χ0n) is 12.9. The van der Waals surface area contributed by atoms with Crippen molar-refractivity contribution >= 4 is 11.3 Å². The van der Waals surface area contributed by atoms with Gasteiger partial charge in [-0.05, 0) is 57.1 Å². The van der Waals surface area contributed by atoms with E-state index in [0.29, 0.717) is 6.04 Å². The van der Waals surface area contributed by atoms with Gasteiger partial charge in [0.2, 0.25) is 0 Å². The molecule has 2 fully saturated rings. The zero-order chi connectivity index (χ0) is 13.9. The average molecular weight is 292 g/mol. The van der Waals surface area contributed by atoms with Crippen molar-refractivity contribution in [2.75, 3.05) is 6.54 Å². The summed E-state index contributed by atoms with van der Waals surface area (Å²) in [5.41, 5.74) is 1.44. The van der Waals surface area contributed by atoms with E-state index < -0.39 is 0 Å². The predicted octanol–water partition coefficient (Wildman–Crippen LogP) is 3.77. The summed E-state index contributed by atoms with van der Waals surface area (Å²) in [5, 5.41) is 7.55. The quantitative estimate of drug-likeness (QED) is 0.883. The smallest absolute Gasteiger partial charge is 0.0300 e. The van der Waals surface area contributed by atoms with Crippen LogP contribution in [0.4, 0.5) is 0 Å². The third-order valence-corrected chi connectivity index (χ3v) is 6.30. The van der Waals surface area contributed by atoms with Crippen molar-refractivity contribution in [1.29, 1.82) is 0 Å². The summed E-state index contributed by atoms with van der Waals surface area (Å²) in [6.45, 7) is 6.58. The molecule has 0 spiro atoms. The molecule has 112 valence electrons. The van der Waals surface area contributed by atoms with Gasteiger partial charge in [-0.1, -0.05) is 12.8 Å². The maximum absolute atomic E-state index is 3.90. The molecular weight excluding hydrogens is 264 g/mol. The number of thiophene rings is 1. The van der Waals surface area contributed by atoms with Crippen molar-refractivity contribution < 1.29 is 0 Å². The van der Waals surface area contributed by atoms with Crippen molar-refractivity contribution in [3.8, 4) is 0 Å². The summed E-state index contributed by atoms with van der Waals surface area (Å²) >= 11 is 1.94. The molecule has 1 aliphatic carbocycles. The highest BCUT2D eigenvalue weighted by atomic mass is 32.1. The summed E-state index contributed by atoms with van der Waals surface area (Å²) in [7, 11) is 0. The number of rotatable bonds is 4. The second kappa shape index (κ2) is 6.59. The number of hydrogen-bond acceptors (Lipinski definition) is 3. The van der Waals surface area contributed by atoms with Crippen molar-refractivity contribution in [3.05, 3.63) is 21.4 Å². The minimum absolute atomic E-state index is 0.691. The molecular formula is C17H28N2S. The van der Waals surface area contributed by atoms with Crippen LogP contribution in [-0.4, -0.2) is 18.6 Å². The van der Waals surface area contributed by atoms with E-state index in [1.165, 1.54) is 53.8 Å². The van der Waals surface area contributed by atoms with Crippen LogP contribution in [0.15, 0.2) is 6.07 Å². The van der Waals surface area contributed by atoms with Gasteiger partial charge in [0.1, 0.15) is 0 Å². The highest BCUT2D eigenvalue weighted by Crippen LogP contribution is 2.32. The third kappa shape index (κ3) is 3.44. The highest BCUT2D eigenvalue weighted by molar-refractivity contribution is 7.12. The minimum atomic E-state index is 0.691. The van der Waals surface area contributed by atoms with Gasteiger partial charge in [0.15, 0.2) is 0 Å². The molecule has 1 saturated carbocycles. The van der Waals surface area contributed by atoms with Crippen LogP contribution >= 0.6 is 11.3 Å². The Morgan fingerprint density at radius 3 is 2.85 bits per heavy atom. The third-order valence-electron chi connectivity index (χ3n) is 5.15. The molecule has 0 radical (unpaired) electrons. The van der Waals surface area contributed by atoms with Crippen molar-refractivity contribution in [2.45, 2.75) is 71.0 Å². The Kier molecular flexibility index (Phi) is 4.79. The summed E-state index contributed by atoms with van der Waals surface area (Å²) in [6, 6.07) is 3.84. The fourth-order valence-electron chi connectivity index (χ4n) is 3.84. The molecule has 3 rings (SSSR count). The van der Waals surface area contributed by atoms with Crippen LogP contribution in [0.2, 0.25) is 0 Å². The zero-order valence-corrected chi connectivity index (χ0v) is 13.7. The van der Waals surface area contributed by atoms with Gasteiger partial charge in [-0.3, -0.25) is 0 Å². The number of hydrogen-bond donors (Lipinski definition) is 2. The summed E-state index contributed by atoms with van der Waals surface area (Å²) in [6.07, 6.45) is 8.57. The molecule has 20 heavy (non-hydrogen) atoms. The topological polar surface area (TPSA) is 24.1 Å². The average Bonchev–Trinajstić information content (AvgIpc) is 2.77. The van der Waals surface area contributed by atoms with Crippen LogP contribution in [-0.2, 0) is 6.54 Å². The summed E-state index contributed by atoms with van der Waals surface area (Å²) in [4.78, 5) is 2.94. The SMILES string of the molecule is Cc1cc(CNCC2CCC3CCCCC3N2)sc1C. The Labute approximate surface area is 127 Å². The second-order valence-electron chi connectivity index (χ2n) is 6.67. The number of piperidine rings is 1. The fourth-order valence-corrected chi connectivity index (χ4v) is 4.86. The normalized spacial score (nSPS) is 30.2. The van der Waals surface area contributed by atoms with E-state index in [9.17, 15) is 0 Å². The predicted molar refractivity (Wildman–Crippen MR) is 87.4 cm³/mol. The maximum Gasteiger partial charge on any atom is 0.0300 e. The number of fused-ring (bicyclic) bond motifs is 1. The molecule has 2 heterocycles. The van der Waals surface area contributed by atoms with Crippen LogP contribution in [0.5, 0.6) is 0 Å². The number of nitrogens with one attached hydrogen (secondary N) is 2. The van der Waals surface area contributed by atoms with Gasteiger partial charge in [-0.25, -0.2) is 0 Å². The number of aryl methyl sites for hydroxylation is 2. The highest BCUT2D eigenvalue weighted by Gasteiger charge is 2.31. The summed E-state index contributed by atoms with van der Waals surface area (Å²) < 4.78 is 0.